The minimum Gasteiger partial charge on any atom is -0.480 e. The summed E-state index contributed by atoms with van der Waals surface area (Å²) in [6.45, 7) is 0.0782. The van der Waals surface area contributed by atoms with E-state index >= 15 is 0 Å². The molecule has 0 aliphatic carbocycles. The average molecular weight is 289 g/mol. The Balaban J connectivity index is 4.11. The molecule has 3 amide bonds. The van der Waals surface area contributed by atoms with Gasteiger partial charge in [-0.2, -0.15) is 0 Å². The number of urea groups is 1. The standard InChI is InChI=1S/C11H19N3O6/c1-12-8(15)5-6-13-11(19)14-7(10(17)18)3-4-9(16)20-2/h7H,3-6H2,1-2H3,(H,12,15)(H,17,18)(H2,13,14,19)/t7-/m0/s1. The molecular formula is C11H19N3O6. The van der Waals surface area contributed by atoms with Crippen LogP contribution in [0.4, 0.5) is 4.79 Å². The van der Waals surface area contributed by atoms with Crippen LogP contribution in [0.5, 0.6) is 0 Å². The summed E-state index contributed by atoms with van der Waals surface area (Å²) in [5.74, 6) is -2.06. The number of methoxy groups -OCH3 is 1. The highest BCUT2D eigenvalue weighted by molar-refractivity contribution is 5.83. The molecule has 0 aromatic rings. The third kappa shape index (κ3) is 7.90. The molecule has 0 heterocycles. The van der Waals surface area contributed by atoms with Crippen molar-refractivity contribution in [1.82, 2.24) is 16.0 Å². The molecule has 0 aliphatic heterocycles. The van der Waals surface area contributed by atoms with E-state index in [4.69, 9.17) is 5.11 Å². The minimum atomic E-state index is -1.25. The van der Waals surface area contributed by atoms with Crippen molar-refractivity contribution in [1.29, 1.82) is 0 Å². The normalized spacial score (nSPS) is 11.1. The summed E-state index contributed by atoms with van der Waals surface area (Å²) >= 11 is 0. The molecule has 0 rings (SSSR count). The van der Waals surface area contributed by atoms with Crippen LogP contribution in [0.15, 0.2) is 0 Å². The van der Waals surface area contributed by atoms with Gasteiger partial charge in [0, 0.05) is 26.4 Å². The van der Waals surface area contributed by atoms with Crippen molar-refractivity contribution in [3.8, 4) is 0 Å². The Morgan fingerprint density at radius 1 is 1.20 bits per heavy atom. The first-order valence-corrected chi connectivity index (χ1v) is 5.95. The van der Waals surface area contributed by atoms with E-state index in [1.807, 2.05) is 0 Å². The van der Waals surface area contributed by atoms with Crippen LogP contribution in [0.25, 0.3) is 0 Å². The number of hydrogen-bond donors (Lipinski definition) is 4. The van der Waals surface area contributed by atoms with Crippen molar-refractivity contribution in [2.45, 2.75) is 25.3 Å². The van der Waals surface area contributed by atoms with E-state index in [-0.39, 0.29) is 31.7 Å². The van der Waals surface area contributed by atoms with Gasteiger partial charge < -0.3 is 25.8 Å². The third-order valence-corrected chi connectivity index (χ3v) is 2.38. The van der Waals surface area contributed by atoms with Gasteiger partial charge in [0.25, 0.3) is 0 Å². The number of ether oxygens (including phenoxy) is 1. The Kier molecular flexibility index (Phi) is 8.48. The molecule has 9 heteroatoms. The molecule has 0 aliphatic rings. The number of carbonyl (C=O) groups excluding carboxylic acids is 3. The van der Waals surface area contributed by atoms with Crippen LogP contribution < -0.4 is 16.0 Å². The maximum absolute atomic E-state index is 11.4. The SMILES string of the molecule is CNC(=O)CCNC(=O)N[C@@H](CCC(=O)OC)C(=O)O. The summed E-state index contributed by atoms with van der Waals surface area (Å²) in [7, 11) is 2.66. The number of aliphatic carboxylic acids is 1. The van der Waals surface area contributed by atoms with Crippen LogP contribution in [-0.2, 0) is 19.1 Å². The molecule has 0 aromatic heterocycles. The highest BCUT2D eigenvalue weighted by atomic mass is 16.5. The van der Waals surface area contributed by atoms with E-state index in [9.17, 15) is 19.2 Å². The minimum absolute atomic E-state index is 0.0782. The Hall–Kier alpha value is -2.32. The summed E-state index contributed by atoms with van der Waals surface area (Å²) in [6, 6.07) is -1.92. The molecule has 0 saturated heterocycles. The first kappa shape index (κ1) is 17.7. The summed E-state index contributed by atoms with van der Waals surface area (Å²) < 4.78 is 4.38. The molecule has 0 aromatic carbocycles. The van der Waals surface area contributed by atoms with Crippen LogP contribution >= 0.6 is 0 Å². The summed E-state index contributed by atoms with van der Waals surface area (Å²) in [5, 5.41) is 15.8. The predicted molar refractivity (Wildman–Crippen MR) is 67.9 cm³/mol. The Morgan fingerprint density at radius 2 is 1.85 bits per heavy atom. The van der Waals surface area contributed by atoms with Gasteiger partial charge in [0.15, 0.2) is 0 Å². The lowest BCUT2D eigenvalue weighted by Gasteiger charge is -2.14. The topological polar surface area (TPSA) is 134 Å². The third-order valence-electron chi connectivity index (χ3n) is 2.38. The van der Waals surface area contributed by atoms with Gasteiger partial charge >= 0.3 is 18.0 Å². The number of amides is 3. The summed E-state index contributed by atoms with van der Waals surface area (Å²) in [4.78, 5) is 44.1. The van der Waals surface area contributed by atoms with Crippen molar-refractivity contribution < 1.29 is 29.0 Å². The molecule has 0 unspecified atom stereocenters. The van der Waals surface area contributed by atoms with Gasteiger partial charge in [0.2, 0.25) is 5.91 Å². The van der Waals surface area contributed by atoms with E-state index < -0.39 is 24.0 Å². The van der Waals surface area contributed by atoms with Gasteiger partial charge in [-0.15, -0.1) is 0 Å². The molecule has 9 nitrogen and oxygen atoms in total. The van der Waals surface area contributed by atoms with Gasteiger partial charge in [0.1, 0.15) is 6.04 Å². The van der Waals surface area contributed by atoms with Crippen LogP contribution in [0, 0.1) is 0 Å². The number of esters is 1. The number of carbonyl (C=O) groups is 4. The van der Waals surface area contributed by atoms with Crippen LogP contribution in [0.3, 0.4) is 0 Å². The van der Waals surface area contributed by atoms with E-state index in [2.05, 4.69) is 20.7 Å². The quantitative estimate of drug-likeness (QED) is 0.416. The zero-order valence-corrected chi connectivity index (χ0v) is 11.4. The average Bonchev–Trinajstić information content (AvgIpc) is 2.42. The van der Waals surface area contributed by atoms with Crippen LogP contribution in [-0.4, -0.2) is 55.7 Å². The van der Waals surface area contributed by atoms with Gasteiger partial charge in [0.05, 0.1) is 7.11 Å². The second-order valence-corrected chi connectivity index (χ2v) is 3.83. The fourth-order valence-corrected chi connectivity index (χ4v) is 1.25. The fourth-order valence-electron chi connectivity index (χ4n) is 1.25. The maximum Gasteiger partial charge on any atom is 0.326 e. The Bertz CT molecular complexity index is 371. The van der Waals surface area contributed by atoms with E-state index in [1.54, 1.807) is 0 Å². The maximum atomic E-state index is 11.4. The number of rotatable bonds is 8. The molecule has 0 spiro atoms. The first-order chi connectivity index (χ1) is 9.40. The zero-order valence-electron chi connectivity index (χ0n) is 11.4. The number of nitrogens with one attached hydrogen (secondary N) is 3. The number of hydrogen-bond acceptors (Lipinski definition) is 5. The smallest absolute Gasteiger partial charge is 0.326 e. The second-order valence-electron chi connectivity index (χ2n) is 3.83. The molecule has 0 saturated carbocycles. The van der Waals surface area contributed by atoms with Crippen molar-refractivity contribution in [2.24, 2.45) is 0 Å². The Morgan fingerprint density at radius 3 is 2.35 bits per heavy atom. The number of carboxylic acids is 1. The van der Waals surface area contributed by atoms with Crippen LogP contribution in [0.2, 0.25) is 0 Å². The molecule has 0 bridgehead atoms. The molecule has 20 heavy (non-hydrogen) atoms. The molecule has 1 atom stereocenters. The lowest BCUT2D eigenvalue weighted by atomic mass is 10.1. The lowest BCUT2D eigenvalue weighted by molar-refractivity contribution is -0.142. The van der Waals surface area contributed by atoms with E-state index in [0.29, 0.717) is 0 Å². The highest BCUT2D eigenvalue weighted by Crippen LogP contribution is 1.99. The largest absolute Gasteiger partial charge is 0.480 e. The van der Waals surface area contributed by atoms with Gasteiger partial charge in [-0.05, 0) is 6.42 Å². The predicted octanol–water partition coefficient (Wildman–Crippen LogP) is -1.17. The monoisotopic (exact) mass is 289 g/mol. The summed E-state index contributed by atoms with van der Waals surface area (Å²) in [6.07, 6.45) is -0.110. The highest BCUT2D eigenvalue weighted by Gasteiger charge is 2.21. The Labute approximate surface area is 116 Å². The van der Waals surface area contributed by atoms with Crippen LogP contribution in [0.1, 0.15) is 19.3 Å². The van der Waals surface area contributed by atoms with Gasteiger partial charge in [-0.3, -0.25) is 9.59 Å². The molecule has 0 fully saturated rings. The van der Waals surface area contributed by atoms with Gasteiger partial charge in [-0.25, -0.2) is 9.59 Å². The fraction of sp³-hybridized carbons (Fsp3) is 0.636. The summed E-state index contributed by atoms with van der Waals surface area (Å²) in [5.41, 5.74) is 0. The molecular weight excluding hydrogens is 270 g/mol. The van der Waals surface area contributed by atoms with E-state index in [0.717, 1.165) is 0 Å². The molecule has 114 valence electrons. The molecule has 4 N–H and O–H groups in total. The number of carboxylic acid groups (broad SMARTS) is 1. The van der Waals surface area contributed by atoms with Crippen molar-refractivity contribution in [2.75, 3.05) is 20.7 Å². The van der Waals surface area contributed by atoms with Crippen molar-refractivity contribution in [3.05, 3.63) is 0 Å². The van der Waals surface area contributed by atoms with Crippen molar-refractivity contribution in [3.63, 3.8) is 0 Å². The van der Waals surface area contributed by atoms with E-state index in [1.165, 1.54) is 14.2 Å². The van der Waals surface area contributed by atoms with Crippen molar-refractivity contribution >= 4 is 23.9 Å². The second kappa shape index (κ2) is 9.59. The van der Waals surface area contributed by atoms with Gasteiger partial charge in [-0.1, -0.05) is 0 Å². The zero-order chi connectivity index (χ0) is 15.5. The lowest BCUT2D eigenvalue weighted by Crippen LogP contribution is -2.46. The first-order valence-electron chi connectivity index (χ1n) is 5.95. The molecule has 0 radical (unpaired) electrons.